The summed E-state index contributed by atoms with van der Waals surface area (Å²) in [4.78, 5) is 8.41. The lowest BCUT2D eigenvalue weighted by atomic mass is 10.2. The van der Waals surface area contributed by atoms with Gasteiger partial charge in [-0.15, -0.1) is 0 Å². The van der Waals surface area contributed by atoms with E-state index < -0.39 is 6.23 Å². The molecule has 1 unspecified atom stereocenters. The van der Waals surface area contributed by atoms with Gasteiger partial charge in [0.25, 0.3) is 0 Å². The molecule has 1 aliphatic carbocycles. The van der Waals surface area contributed by atoms with Crippen LogP contribution in [-0.4, -0.2) is 24.9 Å². The third-order valence-corrected chi connectivity index (χ3v) is 4.79. The van der Waals surface area contributed by atoms with Gasteiger partial charge in [0, 0.05) is 5.69 Å². The number of fused-ring (bicyclic) bond motifs is 1. The first-order chi connectivity index (χ1) is 12.7. The molecule has 0 bridgehead atoms. The van der Waals surface area contributed by atoms with E-state index in [2.05, 4.69) is 26.5 Å². The molecular weight excluding hydrogens is 330 g/mol. The van der Waals surface area contributed by atoms with Gasteiger partial charge in [-0.1, -0.05) is 12.8 Å². The van der Waals surface area contributed by atoms with Crippen molar-refractivity contribution in [2.24, 2.45) is 0 Å². The molecule has 1 aliphatic rings. The molecule has 26 heavy (non-hydrogen) atoms. The molecule has 1 fully saturated rings. The van der Waals surface area contributed by atoms with E-state index in [0.29, 0.717) is 33.8 Å². The Morgan fingerprint density at radius 3 is 2.65 bits per heavy atom. The zero-order valence-electron chi connectivity index (χ0n) is 14.1. The number of nitrogens with one attached hydrogen (secondary N) is 1. The number of rotatable bonds is 4. The Labute approximate surface area is 150 Å². The zero-order chi connectivity index (χ0) is 18.1. The van der Waals surface area contributed by atoms with Gasteiger partial charge in [-0.3, -0.25) is 0 Å². The second-order valence-corrected chi connectivity index (χ2v) is 6.46. The molecular formula is C18H19N7O. The van der Waals surface area contributed by atoms with Crippen LogP contribution in [0.3, 0.4) is 0 Å². The lowest BCUT2D eigenvalue weighted by Crippen LogP contribution is -2.13. The summed E-state index contributed by atoms with van der Waals surface area (Å²) in [5, 5.41) is 27.8. The van der Waals surface area contributed by atoms with E-state index in [9.17, 15) is 5.11 Å². The summed E-state index contributed by atoms with van der Waals surface area (Å²) < 4.78 is 1.87. The molecule has 0 spiro atoms. The van der Waals surface area contributed by atoms with Crippen LogP contribution in [0.25, 0.3) is 11.0 Å². The lowest BCUT2D eigenvalue weighted by molar-refractivity contribution is 0.203. The molecule has 0 saturated heterocycles. The van der Waals surface area contributed by atoms with E-state index >= 15 is 0 Å². The Morgan fingerprint density at radius 2 is 1.96 bits per heavy atom. The van der Waals surface area contributed by atoms with E-state index in [4.69, 9.17) is 11.0 Å². The Hall–Kier alpha value is -3.18. The highest BCUT2D eigenvalue weighted by molar-refractivity contribution is 5.88. The van der Waals surface area contributed by atoms with Gasteiger partial charge in [-0.25, -0.2) is 14.6 Å². The van der Waals surface area contributed by atoms with Gasteiger partial charge in [0.05, 0.1) is 23.1 Å². The topological polar surface area (TPSA) is 126 Å². The number of anilines is 2. The Kier molecular flexibility index (Phi) is 4.14. The van der Waals surface area contributed by atoms with E-state index in [-0.39, 0.29) is 6.04 Å². The van der Waals surface area contributed by atoms with Gasteiger partial charge >= 0.3 is 0 Å². The summed E-state index contributed by atoms with van der Waals surface area (Å²) >= 11 is 0. The van der Waals surface area contributed by atoms with Crippen LogP contribution in [0.5, 0.6) is 0 Å². The molecule has 1 saturated carbocycles. The average Bonchev–Trinajstić information content (AvgIpc) is 3.30. The van der Waals surface area contributed by atoms with Crippen molar-refractivity contribution < 1.29 is 5.11 Å². The maximum absolute atomic E-state index is 10.7. The van der Waals surface area contributed by atoms with Crippen molar-refractivity contribution >= 4 is 22.5 Å². The standard InChI is InChI=1S/C18H19N7O/c19-9-11-5-7-12(8-6-11)23-18(26)15-14-16(20)21-10-22-17(14)25(24-15)13-3-1-2-4-13/h5-8,10,13,18,23,26H,1-4H2,(H2,20,21,22). The van der Waals surface area contributed by atoms with Gasteiger partial charge in [0.15, 0.2) is 11.9 Å². The first kappa shape index (κ1) is 16.3. The number of nitrogens with two attached hydrogens (primary N) is 1. The number of nitrogens with zero attached hydrogens (tertiary/aromatic N) is 5. The van der Waals surface area contributed by atoms with Gasteiger partial charge in [0.1, 0.15) is 17.8 Å². The summed E-state index contributed by atoms with van der Waals surface area (Å²) in [6, 6.07) is 9.17. The fraction of sp³-hybridized carbons (Fsp3) is 0.333. The summed E-state index contributed by atoms with van der Waals surface area (Å²) in [5.74, 6) is 0.301. The van der Waals surface area contributed by atoms with Crippen LogP contribution in [0.2, 0.25) is 0 Å². The summed E-state index contributed by atoms with van der Waals surface area (Å²) in [6.45, 7) is 0. The SMILES string of the molecule is N#Cc1ccc(NC(O)c2nn(C3CCCC3)c3ncnc(N)c23)cc1. The van der Waals surface area contributed by atoms with Crippen LogP contribution >= 0.6 is 0 Å². The van der Waals surface area contributed by atoms with E-state index in [0.717, 1.165) is 25.7 Å². The number of hydrogen-bond donors (Lipinski definition) is 3. The highest BCUT2D eigenvalue weighted by Crippen LogP contribution is 2.34. The highest BCUT2D eigenvalue weighted by atomic mass is 16.3. The van der Waals surface area contributed by atoms with Gasteiger partial charge in [-0.05, 0) is 37.1 Å². The first-order valence-electron chi connectivity index (χ1n) is 8.60. The molecule has 8 heteroatoms. The van der Waals surface area contributed by atoms with Crippen molar-refractivity contribution in [3.63, 3.8) is 0 Å². The molecule has 8 nitrogen and oxygen atoms in total. The number of nitrogen functional groups attached to an aromatic ring is 1. The van der Waals surface area contributed by atoms with Crippen LogP contribution in [0.4, 0.5) is 11.5 Å². The minimum atomic E-state index is -1.07. The molecule has 0 amide bonds. The van der Waals surface area contributed by atoms with Crippen molar-refractivity contribution in [3.05, 3.63) is 41.9 Å². The summed E-state index contributed by atoms with van der Waals surface area (Å²) in [6.07, 6.45) is 4.76. The molecule has 0 radical (unpaired) electrons. The highest BCUT2D eigenvalue weighted by Gasteiger charge is 2.26. The number of benzene rings is 1. The lowest BCUT2D eigenvalue weighted by Gasteiger charge is -2.13. The molecule has 1 aromatic carbocycles. The molecule has 2 heterocycles. The normalized spacial score (nSPS) is 15.8. The van der Waals surface area contributed by atoms with Gasteiger partial charge in [-0.2, -0.15) is 10.4 Å². The molecule has 132 valence electrons. The smallest absolute Gasteiger partial charge is 0.170 e. The molecule has 2 aromatic heterocycles. The van der Waals surface area contributed by atoms with Crippen LogP contribution in [0, 0.1) is 11.3 Å². The fourth-order valence-corrected chi connectivity index (χ4v) is 3.48. The van der Waals surface area contributed by atoms with E-state index in [1.807, 2.05) is 4.68 Å². The average molecular weight is 349 g/mol. The Morgan fingerprint density at radius 1 is 1.23 bits per heavy atom. The van der Waals surface area contributed by atoms with Crippen LogP contribution in [0.15, 0.2) is 30.6 Å². The molecule has 4 rings (SSSR count). The summed E-state index contributed by atoms with van der Waals surface area (Å²) in [5.41, 5.74) is 8.35. The predicted octanol–water partition coefficient (Wildman–Crippen LogP) is 2.50. The van der Waals surface area contributed by atoms with Crippen LogP contribution < -0.4 is 11.1 Å². The minimum absolute atomic E-state index is 0.266. The minimum Gasteiger partial charge on any atom is -0.383 e. The Bertz CT molecular complexity index is 968. The second-order valence-electron chi connectivity index (χ2n) is 6.46. The number of nitriles is 1. The van der Waals surface area contributed by atoms with E-state index in [1.165, 1.54) is 6.33 Å². The number of hydrogen-bond acceptors (Lipinski definition) is 7. The zero-order valence-corrected chi connectivity index (χ0v) is 14.1. The van der Waals surface area contributed by atoms with Crippen LogP contribution in [-0.2, 0) is 0 Å². The Balaban J connectivity index is 1.71. The van der Waals surface area contributed by atoms with Gasteiger partial charge in [0.2, 0.25) is 0 Å². The number of aromatic nitrogens is 4. The van der Waals surface area contributed by atoms with Crippen molar-refractivity contribution in [2.75, 3.05) is 11.1 Å². The van der Waals surface area contributed by atoms with Crippen molar-refractivity contribution in [1.29, 1.82) is 5.26 Å². The predicted molar refractivity (Wildman–Crippen MR) is 97.0 cm³/mol. The molecule has 1 atom stereocenters. The third kappa shape index (κ3) is 2.82. The van der Waals surface area contributed by atoms with Gasteiger partial charge < -0.3 is 16.2 Å². The monoisotopic (exact) mass is 349 g/mol. The van der Waals surface area contributed by atoms with Crippen molar-refractivity contribution in [2.45, 2.75) is 38.0 Å². The largest absolute Gasteiger partial charge is 0.383 e. The quantitative estimate of drug-likeness (QED) is 0.618. The molecule has 3 aromatic rings. The maximum Gasteiger partial charge on any atom is 0.170 e. The second kappa shape index (κ2) is 6.61. The molecule has 4 N–H and O–H groups in total. The summed E-state index contributed by atoms with van der Waals surface area (Å²) in [7, 11) is 0. The van der Waals surface area contributed by atoms with Crippen LogP contribution in [0.1, 0.15) is 49.2 Å². The van der Waals surface area contributed by atoms with Crippen molar-refractivity contribution in [1.82, 2.24) is 19.7 Å². The number of aliphatic hydroxyl groups is 1. The van der Waals surface area contributed by atoms with Crippen molar-refractivity contribution in [3.8, 4) is 6.07 Å². The van der Waals surface area contributed by atoms with E-state index in [1.54, 1.807) is 24.3 Å². The third-order valence-electron chi connectivity index (χ3n) is 4.79. The molecule has 0 aliphatic heterocycles. The number of aliphatic hydroxyl groups excluding tert-OH is 1. The fourth-order valence-electron chi connectivity index (χ4n) is 3.48. The first-order valence-corrected chi connectivity index (χ1v) is 8.60. The maximum atomic E-state index is 10.7.